The Balaban J connectivity index is 2.95. The van der Waals surface area contributed by atoms with Gasteiger partial charge in [-0.05, 0) is 20.3 Å². The van der Waals surface area contributed by atoms with Crippen molar-refractivity contribution in [1.82, 2.24) is 9.97 Å². The average Bonchev–Trinajstić information content (AvgIpc) is 2.39. The first-order valence-electron chi connectivity index (χ1n) is 6.40. The summed E-state index contributed by atoms with van der Waals surface area (Å²) in [4.78, 5) is 21.8. The molecule has 0 aliphatic heterocycles. The van der Waals surface area contributed by atoms with E-state index in [1.807, 2.05) is 18.7 Å². The number of rotatable bonds is 7. The van der Waals surface area contributed by atoms with Crippen molar-refractivity contribution >= 4 is 11.8 Å². The molecule has 0 aliphatic carbocycles. The van der Waals surface area contributed by atoms with Crippen molar-refractivity contribution in [3.05, 3.63) is 11.9 Å². The number of ether oxygens (including phenoxy) is 2. The van der Waals surface area contributed by atoms with E-state index in [1.54, 1.807) is 14.0 Å². The summed E-state index contributed by atoms with van der Waals surface area (Å²) in [6.45, 7) is 7.00. The number of hydrogen-bond acceptors (Lipinski definition) is 6. The van der Waals surface area contributed by atoms with Gasteiger partial charge in [-0.25, -0.2) is 9.97 Å². The molecule has 1 rings (SSSR count). The molecule has 0 amide bonds. The predicted octanol–water partition coefficient (Wildman–Crippen LogP) is 1.57. The molecule has 0 aliphatic rings. The molecule has 19 heavy (non-hydrogen) atoms. The quantitative estimate of drug-likeness (QED) is 0.699. The Morgan fingerprint density at radius 3 is 2.68 bits per heavy atom. The molecule has 6 nitrogen and oxygen atoms in total. The zero-order chi connectivity index (χ0) is 14.3. The van der Waals surface area contributed by atoms with Crippen LogP contribution in [0.5, 0.6) is 5.88 Å². The van der Waals surface area contributed by atoms with Gasteiger partial charge in [0.2, 0.25) is 5.88 Å². The number of carbonyl (C=O) groups excluding carboxylic acids is 1. The molecule has 0 spiro atoms. The summed E-state index contributed by atoms with van der Waals surface area (Å²) in [5, 5.41) is 0. The first-order chi connectivity index (χ1) is 9.13. The van der Waals surface area contributed by atoms with Crippen LogP contribution in [0.2, 0.25) is 0 Å². The van der Waals surface area contributed by atoms with Gasteiger partial charge in [0.25, 0.3) is 0 Å². The molecule has 106 valence electrons. The minimum Gasteiger partial charge on any atom is -0.481 e. The fraction of sp³-hybridized carbons (Fsp3) is 0.615. The number of carbonyl (C=O) groups is 1. The van der Waals surface area contributed by atoms with Crippen LogP contribution in [0.3, 0.4) is 0 Å². The van der Waals surface area contributed by atoms with Gasteiger partial charge in [0.05, 0.1) is 19.3 Å². The number of nitrogens with zero attached hydrogens (tertiary/aromatic N) is 3. The number of hydrogen-bond donors (Lipinski definition) is 0. The van der Waals surface area contributed by atoms with Crippen LogP contribution < -0.4 is 9.64 Å². The van der Waals surface area contributed by atoms with Crippen molar-refractivity contribution < 1.29 is 14.3 Å². The third-order valence-electron chi connectivity index (χ3n) is 2.62. The average molecular weight is 267 g/mol. The van der Waals surface area contributed by atoms with Crippen LogP contribution in [0, 0.1) is 6.92 Å². The highest BCUT2D eigenvalue weighted by Crippen LogP contribution is 2.23. The van der Waals surface area contributed by atoms with E-state index in [-0.39, 0.29) is 12.5 Å². The summed E-state index contributed by atoms with van der Waals surface area (Å²) in [7, 11) is 1.56. The van der Waals surface area contributed by atoms with E-state index in [2.05, 4.69) is 9.97 Å². The zero-order valence-electron chi connectivity index (χ0n) is 12.0. The summed E-state index contributed by atoms with van der Waals surface area (Å²) < 4.78 is 10.2. The summed E-state index contributed by atoms with van der Waals surface area (Å²) in [6, 6.07) is 0. The van der Waals surface area contributed by atoms with E-state index >= 15 is 0 Å². The highest BCUT2D eigenvalue weighted by Gasteiger charge is 2.17. The van der Waals surface area contributed by atoms with E-state index < -0.39 is 0 Å². The topological polar surface area (TPSA) is 64.6 Å². The lowest BCUT2D eigenvalue weighted by Crippen LogP contribution is -2.33. The second-order valence-corrected chi connectivity index (χ2v) is 4.06. The maximum absolute atomic E-state index is 11.6. The molecule has 0 radical (unpaired) electrons. The summed E-state index contributed by atoms with van der Waals surface area (Å²) in [5.74, 6) is 0.977. The van der Waals surface area contributed by atoms with Crippen LogP contribution in [-0.2, 0) is 9.53 Å². The second-order valence-electron chi connectivity index (χ2n) is 4.06. The first-order valence-corrected chi connectivity index (χ1v) is 6.40. The molecule has 0 N–H and O–H groups in total. The van der Waals surface area contributed by atoms with Crippen LogP contribution >= 0.6 is 0 Å². The van der Waals surface area contributed by atoms with E-state index in [9.17, 15) is 4.79 Å². The van der Waals surface area contributed by atoms with Gasteiger partial charge in [0.1, 0.15) is 18.7 Å². The minimum atomic E-state index is -0.257. The van der Waals surface area contributed by atoms with Gasteiger partial charge in [-0.15, -0.1) is 0 Å². The molecule has 6 heteroatoms. The molecule has 0 aromatic carbocycles. The molecule has 1 heterocycles. The van der Waals surface area contributed by atoms with E-state index in [1.165, 1.54) is 6.33 Å². The lowest BCUT2D eigenvalue weighted by molar-refractivity contribution is -0.141. The van der Waals surface area contributed by atoms with Gasteiger partial charge < -0.3 is 14.4 Å². The molecular formula is C13H21N3O3. The Morgan fingerprint density at radius 1 is 1.37 bits per heavy atom. The van der Waals surface area contributed by atoms with Gasteiger partial charge in [0.15, 0.2) is 0 Å². The molecule has 0 fully saturated rings. The maximum atomic E-state index is 11.6. The lowest BCUT2D eigenvalue weighted by Gasteiger charge is -2.23. The number of anilines is 1. The van der Waals surface area contributed by atoms with Crippen molar-refractivity contribution in [2.24, 2.45) is 0 Å². The second kappa shape index (κ2) is 7.56. The highest BCUT2D eigenvalue weighted by molar-refractivity contribution is 5.75. The molecule has 0 saturated heterocycles. The molecule has 0 saturated carbocycles. The molecule has 0 atom stereocenters. The van der Waals surface area contributed by atoms with Gasteiger partial charge >= 0.3 is 5.97 Å². The van der Waals surface area contributed by atoms with Crippen molar-refractivity contribution in [2.75, 3.05) is 31.7 Å². The number of esters is 1. The predicted molar refractivity (Wildman–Crippen MR) is 72.5 cm³/mol. The third-order valence-corrected chi connectivity index (χ3v) is 2.62. The van der Waals surface area contributed by atoms with Gasteiger partial charge in [-0.3, -0.25) is 4.79 Å². The monoisotopic (exact) mass is 267 g/mol. The maximum Gasteiger partial charge on any atom is 0.325 e. The van der Waals surface area contributed by atoms with Crippen LogP contribution in [0.15, 0.2) is 6.33 Å². The Bertz CT molecular complexity index is 424. The van der Waals surface area contributed by atoms with Gasteiger partial charge in [-0.2, -0.15) is 0 Å². The van der Waals surface area contributed by atoms with Crippen LogP contribution in [0.4, 0.5) is 5.82 Å². The summed E-state index contributed by atoms with van der Waals surface area (Å²) >= 11 is 0. The van der Waals surface area contributed by atoms with E-state index in [0.717, 1.165) is 18.5 Å². The Hall–Kier alpha value is -1.85. The molecule has 1 aromatic rings. The Morgan fingerprint density at radius 2 is 2.11 bits per heavy atom. The smallest absolute Gasteiger partial charge is 0.325 e. The van der Waals surface area contributed by atoms with Crippen LogP contribution in [-0.4, -0.2) is 42.7 Å². The number of aromatic nitrogens is 2. The van der Waals surface area contributed by atoms with Crippen molar-refractivity contribution in [1.29, 1.82) is 0 Å². The summed E-state index contributed by atoms with van der Waals surface area (Å²) in [5.41, 5.74) is 0.822. The fourth-order valence-corrected chi connectivity index (χ4v) is 1.84. The molecule has 0 unspecified atom stereocenters. The van der Waals surface area contributed by atoms with Crippen molar-refractivity contribution in [2.45, 2.75) is 27.2 Å². The molecular weight excluding hydrogens is 246 g/mol. The third kappa shape index (κ3) is 4.08. The van der Waals surface area contributed by atoms with Gasteiger partial charge in [-0.1, -0.05) is 6.92 Å². The lowest BCUT2D eigenvalue weighted by atomic mass is 10.3. The largest absolute Gasteiger partial charge is 0.481 e. The van der Waals surface area contributed by atoms with Crippen LogP contribution in [0.1, 0.15) is 25.8 Å². The SMILES string of the molecule is CCCN(CC(=O)OCC)c1ncnc(OC)c1C. The van der Waals surface area contributed by atoms with Gasteiger partial charge in [0, 0.05) is 6.54 Å². The summed E-state index contributed by atoms with van der Waals surface area (Å²) in [6.07, 6.45) is 2.35. The van der Waals surface area contributed by atoms with Crippen molar-refractivity contribution in [3.63, 3.8) is 0 Å². The Labute approximate surface area is 113 Å². The standard InChI is InChI=1S/C13H21N3O3/c1-5-7-16(8-11(17)19-6-2)12-10(3)13(18-4)15-9-14-12/h9H,5-8H2,1-4H3. The molecule has 0 bridgehead atoms. The zero-order valence-corrected chi connectivity index (χ0v) is 12.0. The number of methoxy groups -OCH3 is 1. The Kier molecular flexibility index (Phi) is 6.05. The fourth-order valence-electron chi connectivity index (χ4n) is 1.84. The molecule has 1 aromatic heterocycles. The highest BCUT2D eigenvalue weighted by atomic mass is 16.5. The normalized spacial score (nSPS) is 10.1. The minimum absolute atomic E-state index is 0.183. The van der Waals surface area contributed by atoms with Crippen molar-refractivity contribution in [3.8, 4) is 5.88 Å². The van der Waals surface area contributed by atoms with E-state index in [4.69, 9.17) is 9.47 Å². The first kappa shape index (κ1) is 15.2. The van der Waals surface area contributed by atoms with E-state index in [0.29, 0.717) is 18.3 Å². The van der Waals surface area contributed by atoms with Crippen LogP contribution in [0.25, 0.3) is 0 Å².